The zero-order valence-corrected chi connectivity index (χ0v) is 19.1. The highest BCUT2D eigenvalue weighted by atomic mass is 32.2. The zero-order chi connectivity index (χ0) is 23.0. The highest BCUT2D eigenvalue weighted by Gasteiger charge is 2.33. The molecule has 0 saturated carbocycles. The van der Waals surface area contributed by atoms with Crippen LogP contribution in [0.3, 0.4) is 0 Å². The standard InChI is InChI=1S/C23H20F2N4O2S2/c24-18-8-4-16(5-9-18)23(17-6-10-19(25)11-7-17)28-12-14-29(15-13-28)33(30,31)21-3-1-2-20-22(21)27-32-26-20/h1-11,23H,12-15H2. The molecule has 2 heterocycles. The zero-order valence-electron chi connectivity index (χ0n) is 17.4. The highest BCUT2D eigenvalue weighted by molar-refractivity contribution is 7.89. The summed E-state index contributed by atoms with van der Waals surface area (Å²) in [4.78, 5) is 2.30. The Morgan fingerprint density at radius 1 is 0.788 bits per heavy atom. The van der Waals surface area contributed by atoms with Crippen LogP contribution in [0.15, 0.2) is 71.6 Å². The molecule has 4 aromatic rings. The number of hydrogen-bond donors (Lipinski definition) is 0. The number of piperazine rings is 1. The van der Waals surface area contributed by atoms with E-state index in [-0.39, 0.29) is 35.7 Å². The van der Waals surface area contributed by atoms with Gasteiger partial charge in [0.05, 0.1) is 17.8 Å². The summed E-state index contributed by atoms with van der Waals surface area (Å²) in [6, 6.07) is 17.2. The van der Waals surface area contributed by atoms with Gasteiger partial charge in [-0.1, -0.05) is 30.3 Å². The molecule has 170 valence electrons. The van der Waals surface area contributed by atoms with E-state index < -0.39 is 10.0 Å². The van der Waals surface area contributed by atoms with E-state index in [1.807, 2.05) is 0 Å². The second-order valence-corrected chi connectivity index (χ2v) is 10.3. The number of aromatic nitrogens is 2. The summed E-state index contributed by atoms with van der Waals surface area (Å²) in [6.07, 6.45) is 0. The van der Waals surface area contributed by atoms with Gasteiger partial charge in [-0.05, 0) is 47.5 Å². The van der Waals surface area contributed by atoms with Crippen molar-refractivity contribution in [2.24, 2.45) is 0 Å². The van der Waals surface area contributed by atoms with Crippen molar-refractivity contribution in [3.63, 3.8) is 0 Å². The molecule has 6 nitrogen and oxygen atoms in total. The molecule has 1 aromatic heterocycles. The Balaban J connectivity index is 1.41. The van der Waals surface area contributed by atoms with E-state index in [1.165, 1.54) is 28.6 Å². The predicted molar refractivity (Wildman–Crippen MR) is 122 cm³/mol. The third-order valence-corrected chi connectivity index (χ3v) is 8.35. The van der Waals surface area contributed by atoms with Crippen molar-refractivity contribution < 1.29 is 17.2 Å². The lowest BCUT2D eigenvalue weighted by Crippen LogP contribution is -2.49. The maximum absolute atomic E-state index is 13.5. The average molecular weight is 487 g/mol. The number of fused-ring (bicyclic) bond motifs is 1. The van der Waals surface area contributed by atoms with Crippen molar-refractivity contribution >= 4 is 32.8 Å². The smallest absolute Gasteiger partial charge is 0.245 e. The molecule has 0 N–H and O–H groups in total. The van der Waals surface area contributed by atoms with Gasteiger partial charge in [0, 0.05) is 26.2 Å². The van der Waals surface area contributed by atoms with Crippen LogP contribution < -0.4 is 0 Å². The highest BCUT2D eigenvalue weighted by Crippen LogP contribution is 2.32. The minimum absolute atomic E-state index is 0.163. The summed E-state index contributed by atoms with van der Waals surface area (Å²) in [6.45, 7) is 1.50. The van der Waals surface area contributed by atoms with Crippen LogP contribution >= 0.6 is 11.7 Å². The maximum atomic E-state index is 13.5. The van der Waals surface area contributed by atoms with E-state index in [1.54, 1.807) is 42.5 Å². The summed E-state index contributed by atoms with van der Waals surface area (Å²) in [5.41, 5.74) is 2.67. The first-order valence-electron chi connectivity index (χ1n) is 10.4. The monoisotopic (exact) mass is 486 g/mol. The van der Waals surface area contributed by atoms with Crippen LogP contribution in [0.2, 0.25) is 0 Å². The fraction of sp³-hybridized carbons (Fsp3) is 0.217. The first-order valence-corrected chi connectivity index (χ1v) is 12.6. The third-order valence-electron chi connectivity index (χ3n) is 5.88. The minimum Gasteiger partial charge on any atom is -0.290 e. The molecular weight excluding hydrogens is 466 g/mol. The SMILES string of the molecule is O=S(=O)(c1cccc2nsnc12)N1CCN(C(c2ccc(F)cc2)c2ccc(F)cc2)CC1. The molecule has 33 heavy (non-hydrogen) atoms. The molecule has 0 spiro atoms. The average Bonchev–Trinajstić information content (AvgIpc) is 3.31. The Hall–Kier alpha value is -2.79. The summed E-state index contributed by atoms with van der Waals surface area (Å²) >= 11 is 0.987. The number of sulfonamides is 1. The van der Waals surface area contributed by atoms with E-state index in [0.29, 0.717) is 24.1 Å². The van der Waals surface area contributed by atoms with E-state index in [9.17, 15) is 17.2 Å². The van der Waals surface area contributed by atoms with Gasteiger partial charge < -0.3 is 0 Å². The second-order valence-electron chi connectivity index (χ2n) is 7.83. The van der Waals surface area contributed by atoms with Gasteiger partial charge in [0.25, 0.3) is 0 Å². The summed E-state index contributed by atoms with van der Waals surface area (Å²) in [5.74, 6) is -0.670. The molecule has 5 rings (SSSR count). The first-order chi connectivity index (χ1) is 15.9. The number of halogens is 2. The topological polar surface area (TPSA) is 66.4 Å². The molecule has 10 heteroatoms. The van der Waals surface area contributed by atoms with Gasteiger partial charge in [-0.3, -0.25) is 4.90 Å². The molecule has 0 bridgehead atoms. The number of hydrogen-bond acceptors (Lipinski definition) is 6. The van der Waals surface area contributed by atoms with Crippen LogP contribution in [0.4, 0.5) is 8.78 Å². The van der Waals surface area contributed by atoms with Crippen molar-refractivity contribution in [3.05, 3.63) is 89.5 Å². The molecule has 3 aromatic carbocycles. The van der Waals surface area contributed by atoms with Gasteiger partial charge in [0.1, 0.15) is 27.6 Å². The van der Waals surface area contributed by atoms with E-state index in [0.717, 1.165) is 22.9 Å². The number of rotatable bonds is 5. The molecule has 0 amide bonds. The summed E-state index contributed by atoms with van der Waals surface area (Å²) < 4.78 is 63.5. The van der Waals surface area contributed by atoms with Crippen molar-refractivity contribution in [1.29, 1.82) is 0 Å². The van der Waals surface area contributed by atoms with E-state index in [4.69, 9.17) is 0 Å². The fourth-order valence-corrected chi connectivity index (χ4v) is 6.41. The molecular formula is C23H20F2N4O2S2. The fourth-order valence-electron chi connectivity index (χ4n) is 4.23. The van der Waals surface area contributed by atoms with E-state index in [2.05, 4.69) is 13.6 Å². The third kappa shape index (κ3) is 4.26. The van der Waals surface area contributed by atoms with Crippen LogP contribution in [-0.4, -0.2) is 52.5 Å². The van der Waals surface area contributed by atoms with Gasteiger partial charge in [-0.15, -0.1) is 0 Å². The Morgan fingerprint density at radius 2 is 1.36 bits per heavy atom. The van der Waals surface area contributed by atoms with Crippen molar-refractivity contribution in [1.82, 2.24) is 18.0 Å². The van der Waals surface area contributed by atoms with Crippen LogP contribution in [0.5, 0.6) is 0 Å². The lowest BCUT2D eigenvalue weighted by Gasteiger charge is -2.39. The molecule has 0 unspecified atom stereocenters. The Bertz CT molecular complexity index is 1320. The Morgan fingerprint density at radius 3 is 1.94 bits per heavy atom. The normalized spacial score (nSPS) is 16.0. The Kier molecular flexibility index (Phi) is 5.92. The number of benzene rings is 3. The van der Waals surface area contributed by atoms with Crippen molar-refractivity contribution in [2.45, 2.75) is 10.9 Å². The molecule has 1 aliphatic heterocycles. The van der Waals surface area contributed by atoms with Crippen molar-refractivity contribution in [2.75, 3.05) is 26.2 Å². The first kappa shape index (κ1) is 22.0. The van der Waals surface area contributed by atoms with Crippen molar-refractivity contribution in [3.8, 4) is 0 Å². The predicted octanol–water partition coefficient (Wildman–Crippen LogP) is 4.07. The maximum Gasteiger partial charge on any atom is 0.245 e. The van der Waals surface area contributed by atoms with Gasteiger partial charge in [0.2, 0.25) is 10.0 Å². The largest absolute Gasteiger partial charge is 0.290 e. The molecule has 1 aliphatic rings. The summed E-state index contributed by atoms with van der Waals surface area (Å²) in [7, 11) is -3.74. The van der Waals surface area contributed by atoms with E-state index >= 15 is 0 Å². The van der Waals surface area contributed by atoms with Crippen LogP contribution in [0.25, 0.3) is 11.0 Å². The quantitative estimate of drug-likeness (QED) is 0.426. The minimum atomic E-state index is -3.74. The molecule has 0 aliphatic carbocycles. The van der Waals surface area contributed by atoms with Gasteiger partial charge in [-0.25, -0.2) is 17.2 Å². The lowest BCUT2D eigenvalue weighted by atomic mass is 9.96. The molecule has 1 saturated heterocycles. The number of nitrogens with zero attached hydrogens (tertiary/aromatic N) is 4. The lowest BCUT2D eigenvalue weighted by molar-refractivity contribution is 0.155. The second kappa shape index (κ2) is 8.86. The molecule has 0 radical (unpaired) electrons. The van der Waals surface area contributed by atoms with Crippen LogP contribution in [-0.2, 0) is 10.0 Å². The molecule has 0 atom stereocenters. The van der Waals surface area contributed by atoms with Gasteiger partial charge in [-0.2, -0.15) is 13.1 Å². The molecule has 1 fully saturated rings. The van der Waals surface area contributed by atoms with Gasteiger partial charge >= 0.3 is 0 Å². The Labute approximate surface area is 194 Å². The summed E-state index contributed by atoms with van der Waals surface area (Å²) in [5, 5.41) is 0. The van der Waals surface area contributed by atoms with Crippen LogP contribution in [0, 0.1) is 11.6 Å². The van der Waals surface area contributed by atoms with Crippen LogP contribution in [0.1, 0.15) is 17.2 Å². The van der Waals surface area contributed by atoms with Gasteiger partial charge in [0.15, 0.2) is 0 Å².